The third-order valence-corrected chi connectivity index (χ3v) is 1.84. The molecule has 0 radical (unpaired) electrons. The Bertz CT molecular complexity index is 414. The first kappa shape index (κ1) is 11.8. The van der Waals surface area contributed by atoms with Crippen LogP contribution in [-0.4, -0.2) is 11.0 Å². The quantitative estimate of drug-likeness (QED) is 0.765. The van der Waals surface area contributed by atoms with Crippen LogP contribution in [0.1, 0.15) is 10.4 Å². The number of carbonyl (C=O) groups is 1. The minimum absolute atomic E-state index is 0.0741. The molecule has 0 atom stereocenters. The van der Waals surface area contributed by atoms with E-state index in [1.165, 1.54) is 12.1 Å². The van der Waals surface area contributed by atoms with Crippen molar-refractivity contribution in [3.05, 3.63) is 66.2 Å². The molecule has 0 aliphatic heterocycles. The zero-order valence-corrected chi connectivity index (χ0v) is 8.71. The maximum atomic E-state index is 10.5. The minimum Gasteiger partial charge on any atom is -0.507 e. The number of nitrogens with two attached hydrogens (primary N) is 1. The van der Waals surface area contributed by atoms with Crippen LogP contribution in [0.3, 0.4) is 0 Å². The van der Waals surface area contributed by atoms with Gasteiger partial charge in [0.1, 0.15) is 5.75 Å². The average molecular weight is 215 g/mol. The van der Waals surface area contributed by atoms with Gasteiger partial charge < -0.3 is 10.8 Å². The van der Waals surface area contributed by atoms with Crippen LogP contribution in [0.2, 0.25) is 0 Å². The Kier molecular flexibility index (Phi) is 4.60. The van der Waals surface area contributed by atoms with Gasteiger partial charge in [0.2, 0.25) is 0 Å². The van der Waals surface area contributed by atoms with Crippen molar-refractivity contribution in [1.29, 1.82) is 0 Å². The largest absolute Gasteiger partial charge is 0.507 e. The number of amides is 1. The summed E-state index contributed by atoms with van der Waals surface area (Å²) in [5.41, 5.74) is 5.07. The van der Waals surface area contributed by atoms with Crippen molar-refractivity contribution in [2.75, 3.05) is 0 Å². The first-order chi connectivity index (χ1) is 7.72. The predicted molar refractivity (Wildman–Crippen MR) is 63.1 cm³/mol. The normalized spacial score (nSPS) is 8.75. The molecule has 0 fully saturated rings. The van der Waals surface area contributed by atoms with Gasteiger partial charge in [0.25, 0.3) is 5.91 Å². The van der Waals surface area contributed by atoms with E-state index in [2.05, 4.69) is 0 Å². The molecule has 0 aliphatic rings. The lowest BCUT2D eigenvalue weighted by atomic mass is 10.2. The summed E-state index contributed by atoms with van der Waals surface area (Å²) in [6.07, 6.45) is 0. The number of hydrogen-bond donors (Lipinski definition) is 2. The highest BCUT2D eigenvalue weighted by molar-refractivity contribution is 5.95. The number of aromatic hydroxyl groups is 1. The lowest BCUT2D eigenvalue weighted by Crippen LogP contribution is -2.10. The van der Waals surface area contributed by atoms with Gasteiger partial charge in [-0.25, -0.2) is 0 Å². The molecule has 0 saturated carbocycles. The topological polar surface area (TPSA) is 63.3 Å². The predicted octanol–water partition coefficient (Wildman–Crippen LogP) is 2.18. The smallest absolute Gasteiger partial charge is 0.252 e. The summed E-state index contributed by atoms with van der Waals surface area (Å²) in [5.74, 6) is -0.687. The van der Waals surface area contributed by atoms with Crippen molar-refractivity contribution in [2.45, 2.75) is 0 Å². The lowest BCUT2D eigenvalue weighted by Gasteiger charge is -1.96. The van der Waals surface area contributed by atoms with E-state index < -0.39 is 5.91 Å². The fourth-order valence-corrected chi connectivity index (χ4v) is 1.07. The molecule has 16 heavy (non-hydrogen) atoms. The Morgan fingerprint density at radius 2 is 1.31 bits per heavy atom. The molecule has 0 aliphatic carbocycles. The Balaban J connectivity index is 0.000000181. The van der Waals surface area contributed by atoms with Crippen molar-refractivity contribution in [1.82, 2.24) is 0 Å². The van der Waals surface area contributed by atoms with Gasteiger partial charge in [-0.2, -0.15) is 0 Å². The molecule has 2 aromatic rings. The molecule has 3 nitrogen and oxygen atoms in total. The highest BCUT2D eigenvalue weighted by atomic mass is 16.3. The molecular weight excluding hydrogens is 202 g/mol. The van der Waals surface area contributed by atoms with Crippen molar-refractivity contribution < 1.29 is 9.90 Å². The maximum absolute atomic E-state index is 10.5. The van der Waals surface area contributed by atoms with Gasteiger partial charge in [-0.05, 0) is 12.1 Å². The first-order valence-corrected chi connectivity index (χ1v) is 4.79. The van der Waals surface area contributed by atoms with E-state index in [4.69, 9.17) is 10.8 Å². The minimum atomic E-state index is -0.613. The van der Waals surface area contributed by atoms with Crippen molar-refractivity contribution in [2.24, 2.45) is 5.73 Å². The third kappa shape index (κ3) is 3.84. The second kappa shape index (κ2) is 6.24. The monoisotopic (exact) mass is 215 g/mol. The highest BCUT2D eigenvalue weighted by Crippen LogP contribution is 2.13. The Labute approximate surface area is 94.2 Å². The number of benzene rings is 2. The third-order valence-electron chi connectivity index (χ3n) is 1.84. The number of para-hydroxylation sites is 1. The highest BCUT2D eigenvalue weighted by Gasteiger charge is 2.03. The van der Waals surface area contributed by atoms with Crippen LogP contribution in [0.15, 0.2) is 60.7 Å². The van der Waals surface area contributed by atoms with Gasteiger partial charge in [-0.1, -0.05) is 48.5 Å². The fourth-order valence-electron chi connectivity index (χ4n) is 1.07. The van der Waals surface area contributed by atoms with Gasteiger partial charge in [-0.15, -0.1) is 0 Å². The van der Waals surface area contributed by atoms with Gasteiger partial charge in [-0.3, -0.25) is 4.79 Å². The second-order valence-electron chi connectivity index (χ2n) is 3.04. The Morgan fingerprint density at radius 3 is 1.62 bits per heavy atom. The van der Waals surface area contributed by atoms with Crippen LogP contribution in [0, 0.1) is 0 Å². The van der Waals surface area contributed by atoms with E-state index in [1.54, 1.807) is 12.1 Å². The van der Waals surface area contributed by atoms with Gasteiger partial charge >= 0.3 is 0 Å². The van der Waals surface area contributed by atoms with E-state index in [-0.39, 0.29) is 11.3 Å². The van der Waals surface area contributed by atoms with Gasteiger partial charge in [0, 0.05) is 0 Å². The summed E-state index contributed by atoms with van der Waals surface area (Å²) >= 11 is 0. The zero-order valence-electron chi connectivity index (χ0n) is 8.71. The molecule has 3 heteroatoms. The van der Waals surface area contributed by atoms with E-state index in [0.29, 0.717) is 0 Å². The van der Waals surface area contributed by atoms with Gasteiger partial charge in [0.15, 0.2) is 0 Å². The summed E-state index contributed by atoms with van der Waals surface area (Å²) < 4.78 is 0. The molecule has 0 aromatic heterocycles. The summed E-state index contributed by atoms with van der Waals surface area (Å²) in [7, 11) is 0. The fraction of sp³-hybridized carbons (Fsp3) is 0. The molecule has 2 rings (SSSR count). The molecule has 82 valence electrons. The maximum Gasteiger partial charge on any atom is 0.252 e. The molecule has 3 N–H and O–H groups in total. The van der Waals surface area contributed by atoms with E-state index in [9.17, 15) is 4.79 Å². The van der Waals surface area contributed by atoms with Crippen LogP contribution >= 0.6 is 0 Å². The summed E-state index contributed by atoms with van der Waals surface area (Å²) in [5, 5.41) is 8.98. The molecule has 0 spiro atoms. The van der Waals surface area contributed by atoms with E-state index in [1.807, 2.05) is 36.4 Å². The second-order valence-corrected chi connectivity index (χ2v) is 3.04. The molecular formula is C13H13NO2. The molecule has 0 heterocycles. The van der Waals surface area contributed by atoms with Crippen LogP contribution in [-0.2, 0) is 0 Å². The van der Waals surface area contributed by atoms with Crippen LogP contribution in [0.5, 0.6) is 5.75 Å². The first-order valence-electron chi connectivity index (χ1n) is 4.79. The summed E-state index contributed by atoms with van der Waals surface area (Å²) in [6.45, 7) is 0. The van der Waals surface area contributed by atoms with E-state index >= 15 is 0 Å². The number of phenols is 1. The number of carbonyl (C=O) groups excluding carboxylic acids is 1. The van der Waals surface area contributed by atoms with Crippen LogP contribution < -0.4 is 5.73 Å². The molecule has 0 bridgehead atoms. The van der Waals surface area contributed by atoms with Crippen molar-refractivity contribution in [3.8, 4) is 5.75 Å². The Hall–Kier alpha value is -2.29. The van der Waals surface area contributed by atoms with Crippen LogP contribution in [0.25, 0.3) is 0 Å². The summed E-state index contributed by atoms with van der Waals surface area (Å²) in [4.78, 5) is 10.5. The number of primary amides is 1. The number of rotatable bonds is 1. The average Bonchev–Trinajstić information content (AvgIpc) is 2.32. The zero-order chi connectivity index (χ0) is 11.8. The van der Waals surface area contributed by atoms with Crippen molar-refractivity contribution in [3.63, 3.8) is 0 Å². The van der Waals surface area contributed by atoms with E-state index in [0.717, 1.165) is 0 Å². The van der Waals surface area contributed by atoms with Gasteiger partial charge in [0.05, 0.1) is 5.56 Å². The molecule has 0 saturated heterocycles. The lowest BCUT2D eigenvalue weighted by molar-refractivity contribution is 0.0998. The van der Waals surface area contributed by atoms with Crippen molar-refractivity contribution >= 4 is 5.91 Å². The molecule has 1 amide bonds. The standard InChI is InChI=1S/C7H7NO2.C6H6/c8-7(10)5-3-1-2-4-6(5)9;1-2-4-6-5-3-1/h1-4,9H,(H2,8,10);1-6H. The SMILES string of the molecule is NC(=O)c1ccccc1O.c1ccccc1. The number of hydrogen-bond acceptors (Lipinski definition) is 2. The Morgan fingerprint density at radius 1 is 0.875 bits per heavy atom. The molecule has 2 aromatic carbocycles. The van der Waals surface area contributed by atoms with Crippen LogP contribution in [0.4, 0.5) is 0 Å². The summed E-state index contributed by atoms with van der Waals surface area (Å²) in [6, 6.07) is 18.2. The molecule has 0 unspecified atom stereocenters.